The molecule has 0 radical (unpaired) electrons. The maximum absolute atomic E-state index is 12.4. The molecule has 1 amide bonds. The maximum atomic E-state index is 12.4. The van der Waals surface area contributed by atoms with E-state index in [9.17, 15) is 4.79 Å². The van der Waals surface area contributed by atoms with Crippen LogP contribution in [0.3, 0.4) is 0 Å². The van der Waals surface area contributed by atoms with E-state index in [1.54, 1.807) is 19.1 Å². The smallest absolute Gasteiger partial charge is 0.229 e. The van der Waals surface area contributed by atoms with Gasteiger partial charge < -0.3 is 14.4 Å². The monoisotopic (exact) mass is 320 g/mol. The molecule has 0 fully saturated rings. The summed E-state index contributed by atoms with van der Waals surface area (Å²) in [5.74, 6) is 0.403. The van der Waals surface area contributed by atoms with Gasteiger partial charge in [0.05, 0.1) is 37.3 Å². The van der Waals surface area contributed by atoms with E-state index in [1.165, 1.54) is 11.3 Å². The number of alkyl halides is 1. The summed E-state index contributed by atoms with van der Waals surface area (Å²) in [7, 11) is 3.25. The lowest BCUT2D eigenvalue weighted by molar-refractivity contribution is -0.134. The van der Waals surface area contributed by atoms with E-state index in [2.05, 4.69) is 4.98 Å². The molecule has 0 aliphatic heterocycles. The normalized spacial score (nSPS) is 12.4. The summed E-state index contributed by atoms with van der Waals surface area (Å²) in [4.78, 5) is 18.5. The van der Waals surface area contributed by atoms with Crippen LogP contribution in [0.5, 0.6) is 0 Å². The molecule has 0 bridgehead atoms. The van der Waals surface area contributed by atoms with Gasteiger partial charge in [-0.25, -0.2) is 4.98 Å². The Morgan fingerprint density at radius 2 is 2.25 bits per heavy atom. The average Bonchev–Trinajstić information content (AvgIpc) is 2.87. The zero-order chi connectivity index (χ0) is 15.0. The van der Waals surface area contributed by atoms with Gasteiger partial charge in [-0.05, 0) is 6.92 Å². The fraction of sp³-hybridized carbons (Fsp3) is 0.692. The first-order chi connectivity index (χ1) is 9.62. The van der Waals surface area contributed by atoms with Crippen LogP contribution >= 0.6 is 22.9 Å². The predicted molar refractivity (Wildman–Crippen MR) is 80.3 cm³/mol. The van der Waals surface area contributed by atoms with Gasteiger partial charge in [0.1, 0.15) is 5.01 Å². The van der Waals surface area contributed by atoms with Crippen molar-refractivity contribution in [3.05, 3.63) is 16.1 Å². The zero-order valence-electron chi connectivity index (χ0n) is 12.1. The van der Waals surface area contributed by atoms with Gasteiger partial charge in [-0.2, -0.15) is 0 Å². The summed E-state index contributed by atoms with van der Waals surface area (Å²) in [6.07, 6.45) is 0.291. The number of hydrogen-bond donors (Lipinski definition) is 0. The number of aromatic nitrogens is 1. The number of hydrogen-bond acceptors (Lipinski definition) is 5. The van der Waals surface area contributed by atoms with E-state index in [4.69, 9.17) is 21.1 Å². The van der Waals surface area contributed by atoms with Crippen molar-refractivity contribution in [3.63, 3.8) is 0 Å². The highest BCUT2D eigenvalue weighted by molar-refractivity contribution is 7.09. The van der Waals surface area contributed by atoms with E-state index >= 15 is 0 Å². The number of nitrogens with zero attached hydrogens (tertiary/aromatic N) is 2. The van der Waals surface area contributed by atoms with Crippen molar-refractivity contribution in [2.24, 2.45) is 0 Å². The van der Waals surface area contributed by atoms with Crippen molar-refractivity contribution < 1.29 is 14.3 Å². The third-order valence-electron chi connectivity index (χ3n) is 2.84. The molecule has 1 heterocycles. The first-order valence-corrected chi connectivity index (χ1v) is 7.80. The van der Waals surface area contributed by atoms with Gasteiger partial charge in [-0.15, -0.1) is 22.9 Å². The van der Waals surface area contributed by atoms with Gasteiger partial charge in [0.25, 0.3) is 0 Å². The molecular formula is C13H21ClN2O3S. The standard InChI is InChI=1S/C13H21ClN2O3S/c1-10(8-19-3)16(4-5-18-2)13(17)6-12-15-11(7-14)9-20-12/h9-10H,4-8H2,1-3H3. The molecule has 0 saturated carbocycles. The number of methoxy groups -OCH3 is 2. The molecule has 0 aliphatic carbocycles. The number of carbonyl (C=O) groups excluding carboxylic acids is 1. The fourth-order valence-electron chi connectivity index (χ4n) is 1.83. The van der Waals surface area contributed by atoms with Crippen LogP contribution in [0.25, 0.3) is 0 Å². The topological polar surface area (TPSA) is 51.7 Å². The SMILES string of the molecule is COCCN(C(=O)Cc1nc(CCl)cs1)C(C)COC. The lowest BCUT2D eigenvalue weighted by Crippen LogP contribution is -2.43. The number of rotatable bonds is 9. The van der Waals surface area contributed by atoms with Crippen molar-refractivity contribution in [1.29, 1.82) is 0 Å². The average molecular weight is 321 g/mol. The second-order valence-electron chi connectivity index (χ2n) is 4.43. The van der Waals surface area contributed by atoms with Crippen molar-refractivity contribution in [2.45, 2.75) is 25.3 Å². The highest BCUT2D eigenvalue weighted by Crippen LogP contribution is 2.14. The van der Waals surface area contributed by atoms with Crippen LogP contribution < -0.4 is 0 Å². The second-order valence-corrected chi connectivity index (χ2v) is 5.64. The summed E-state index contributed by atoms with van der Waals surface area (Å²) in [6.45, 7) is 3.52. The molecular weight excluding hydrogens is 300 g/mol. The fourth-order valence-corrected chi connectivity index (χ4v) is 2.85. The zero-order valence-corrected chi connectivity index (χ0v) is 13.7. The molecule has 20 heavy (non-hydrogen) atoms. The molecule has 7 heteroatoms. The second kappa shape index (κ2) is 9.28. The number of ether oxygens (including phenoxy) is 2. The molecule has 0 spiro atoms. The first kappa shape index (κ1) is 17.4. The minimum absolute atomic E-state index is 0.00936. The Balaban J connectivity index is 2.65. The maximum Gasteiger partial charge on any atom is 0.229 e. The third-order valence-corrected chi connectivity index (χ3v) is 4.01. The summed E-state index contributed by atoms with van der Waals surface area (Å²) >= 11 is 7.18. The van der Waals surface area contributed by atoms with Crippen LogP contribution in [0.4, 0.5) is 0 Å². The quantitative estimate of drug-likeness (QED) is 0.652. The Morgan fingerprint density at radius 3 is 2.80 bits per heavy atom. The van der Waals surface area contributed by atoms with Crippen LogP contribution in [0.2, 0.25) is 0 Å². The largest absolute Gasteiger partial charge is 0.383 e. The molecule has 5 nitrogen and oxygen atoms in total. The Bertz CT molecular complexity index is 414. The van der Waals surface area contributed by atoms with Crippen molar-refractivity contribution in [1.82, 2.24) is 9.88 Å². The minimum Gasteiger partial charge on any atom is -0.383 e. The van der Waals surface area contributed by atoms with E-state index in [1.807, 2.05) is 12.3 Å². The Morgan fingerprint density at radius 1 is 1.50 bits per heavy atom. The molecule has 0 N–H and O–H groups in total. The van der Waals surface area contributed by atoms with E-state index in [0.29, 0.717) is 32.1 Å². The van der Waals surface area contributed by atoms with Gasteiger partial charge in [0.2, 0.25) is 5.91 Å². The van der Waals surface area contributed by atoms with Crippen molar-refractivity contribution >= 4 is 28.8 Å². The van der Waals surface area contributed by atoms with Gasteiger partial charge in [-0.1, -0.05) is 0 Å². The molecule has 0 saturated heterocycles. The molecule has 1 unspecified atom stereocenters. The van der Waals surface area contributed by atoms with Gasteiger partial charge in [-0.3, -0.25) is 4.79 Å². The van der Waals surface area contributed by atoms with Crippen LogP contribution in [-0.2, 0) is 26.6 Å². The number of thiazole rings is 1. The Labute approximate surface area is 128 Å². The highest BCUT2D eigenvalue weighted by Gasteiger charge is 2.21. The van der Waals surface area contributed by atoms with Crippen molar-refractivity contribution in [2.75, 3.05) is 34.0 Å². The summed E-state index contributed by atoms with van der Waals surface area (Å²) in [6, 6.07) is 0.00936. The first-order valence-electron chi connectivity index (χ1n) is 6.39. The van der Waals surface area contributed by atoms with Crippen LogP contribution in [0, 0.1) is 0 Å². The molecule has 0 aromatic carbocycles. The van der Waals surface area contributed by atoms with Gasteiger partial charge in [0, 0.05) is 26.1 Å². The van der Waals surface area contributed by atoms with Crippen molar-refractivity contribution in [3.8, 4) is 0 Å². The molecule has 1 aromatic rings. The van der Waals surface area contributed by atoms with Gasteiger partial charge >= 0.3 is 0 Å². The highest BCUT2D eigenvalue weighted by atomic mass is 35.5. The van der Waals surface area contributed by atoms with E-state index in [0.717, 1.165) is 10.7 Å². The van der Waals surface area contributed by atoms with Gasteiger partial charge in [0.15, 0.2) is 0 Å². The summed E-state index contributed by atoms with van der Waals surface area (Å²) in [5.41, 5.74) is 0.813. The Kier molecular flexibility index (Phi) is 8.06. The molecule has 1 aromatic heterocycles. The molecule has 1 rings (SSSR count). The lowest BCUT2D eigenvalue weighted by Gasteiger charge is -2.28. The molecule has 1 atom stereocenters. The van der Waals surface area contributed by atoms with Crippen LogP contribution in [0.15, 0.2) is 5.38 Å². The number of halogens is 1. The summed E-state index contributed by atoms with van der Waals surface area (Å²) < 4.78 is 10.2. The number of amides is 1. The van der Waals surface area contributed by atoms with E-state index in [-0.39, 0.29) is 11.9 Å². The summed E-state index contributed by atoms with van der Waals surface area (Å²) in [5, 5.41) is 2.67. The third kappa shape index (κ3) is 5.36. The van der Waals surface area contributed by atoms with Crippen LogP contribution in [-0.4, -0.2) is 55.8 Å². The molecule has 114 valence electrons. The predicted octanol–water partition coefficient (Wildman–Crippen LogP) is 1.93. The minimum atomic E-state index is 0.00936. The van der Waals surface area contributed by atoms with E-state index < -0.39 is 0 Å². The molecule has 0 aliphatic rings. The van der Waals surface area contributed by atoms with Crippen LogP contribution in [0.1, 0.15) is 17.6 Å². The Hall–Kier alpha value is -0.690. The lowest BCUT2D eigenvalue weighted by atomic mass is 10.2. The number of carbonyl (C=O) groups is 1.